The lowest BCUT2D eigenvalue weighted by Crippen LogP contribution is -2.50. The van der Waals surface area contributed by atoms with E-state index in [0.717, 1.165) is 19.9 Å². The minimum atomic E-state index is -2.41. The molecule has 0 aliphatic rings. The molecule has 0 fully saturated rings. The Hall–Kier alpha value is -2.57. The van der Waals surface area contributed by atoms with Gasteiger partial charge in [-0.2, -0.15) is 0 Å². The molecular weight excluding hydrogens is 319 g/mol. The number of carboxylic acid groups (broad SMARTS) is 1. The Morgan fingerprint density at radius 2 is 1.71 bits per heavy atom. The van der Waals surface area contributed by atoms with Crippen molar-refractivity contribution in [2.24, 2.45) is 5.41 Å². The molecule has 1 aromatic carbocycles. The largest absolute Gasteiger partial charge is 0.481 e. The third-order valence-electron chi connectivity index (χ3n) is 3.89. The van der Waals surface area contributed by atoms with Gasteiger partial charge in [0.1, 0.15) is 5.82 Å². The van der Waals surface area contributed by atoms with Crippen LogP contribution >= 0.6 is 0 Å². The van der Waals surface area contributed by atoms with Crippen molar-refractivity contribution in [2.75, 3.05) is 6.61 Å². The molecule has 1 atom stereocenters. The van der Waals surface area contributed by atoms with Crippen LogP contribution in [0.5, 0.6) is 0 Å². The zero-order chi connectivity index (χ0) is 18.5. The topological polar surface area (TPSA) is 97.7 Å². The van der Waals surface area contributed by atoms with E-state index in [1.807, 2.05) is 0 Å². The second kappa shape index (κ2) is 7.81. The van der Waals surface area contributed by atoms with Crippen LogP contribution in [-0.2, 0) is 23.9 Å². The first-order valence-corrected chi connectivity index (χ1v) is 7.35. The van der Waals surface area contributed by atoms with Gasteiger partial charge in [0.25, 0.3) is 0 Å². The smallest absolute Gasteiger partial charge is 0.327 e. The van der Waals surface area contributed by atoms with Crippen LogP contribution in [0.25, 0.3) is 0 Å². The van der Waals surface area contributed by atoms with E-state index in [0.29, 0.717) is 0 Å². The molecule has 1 unspecified atom stereocenters. The van der Waals surface area contributed by atoms with Gasteiger partial charge in [-0.15, -0.1) is 0 Å². The van der Waals surface area contributed by atoms with E-state index in [1.54, 1.807) is 0 Å². The summed E-state index contributed by atoms with van der Waals surface area (Å²) < 4.78 is 19.1. The number of ketones is 2. The molecule has 24 heavy (non-hydrogen) atoms. The summed E-state index contributed by atoms with van der Waals surface area (Å²) in [6.07, 6.45) is -0.779. The van der Waals surface area contributed by atoms with E-state index in [4.69, 9.17) is 4.74 Å². The van der Waals surface area contributed by atoms with Crippen molar-refractivity contribution in [3.63, 3.8) is 0 Å². The number of carbonyl (C=O) groups is 4. The Bertz CT molecular complexity index is 653. The number of hydrogen-bond acceptors (Lipinski definition) is 5. The van der Waals surface area contributed by atoms with Crippen LogP contribution in [-0.4, -0.2) is 35.2 Å². The minimum absolute atomic E-state index is 0.113. The van der Waals surface area contributed by atoms with E-state index in [1.165, 1.54) is 25.1 Å². The molecule has 1 aromatic rings. The monoisotopic (exact) mass is 338 g/mol. The maximum atomic E-state index is 14.2. The van der Waals surface area contributed by atoms with Crippen molar-refractivity contribution >= 4 is 23.5 Å². The summed E-state index contributed by atoms with van der Waals surface area (Å²) in [4.78, 5) is 48.3. The number of aliphatic carboxylic acids is 1. The van der Waals surface area contributed by atoms with Crippen molar-refractivity contribution in [3.05, 3.63) is 35.6 Å². The summed E-state index contributed by atoms with van der Waals surface area (Å²) in [5.41, 5.74) is -2.60. The fourth-order valence-electron chi connectivity index (χ4n) is 2.84. The Balaban J connectivity index is 3.72. The second-order valence-electron chi connectivity index (χ2n) is 5.31. The summed E-state index contributed by atoms with van der Waals surface area (Å²) in [6.45, 7) is 3.36. The normalized spacial score (nSPS) is 12.3. The predicted molar refractivity (Wildman–Crippen MR) is 81.8 cm³/mol. The molecule has 0 aliphatic carbocycles. The van der Waals surface area contributed by atoms with Gasteiger partial charge in [0, 0.05) is 5.92 Å². The molecule has 0 aliphatic heterocycles. The van der Waals surface area contributed by atoms with Gasteiger partial charge in [-0.3, -0.25) is 19.2 Å². The number of esters is 1. The number of halogens is 1. The van der Waals surface area contributed by atoms with Gasteiger partial charge in [-0.25, -0.2) is 4.39 Å². The molecule has 1 N–H and O–H groups in total. The zero-order valence-electron chi connectivity index (χ0n) is 13.7. The fourth-order valence-corrected chi connectivity index (χ4v) is 2.84. The van der Waals surface area contributed by atoms with Gasteiger partial charge in [0.2, 0.25) is 0 Å². The highest BCUT2D eigenvalue weighted by molar-refractivity contribution is 6.22. The van der Waals surface area contributed by atoms with Crippen LogP contribution in [0.4, 0.5) is 4.39 Å². The van der Waals surface area contributed by atoms with Gasteiger partial charge in [-0.1, -0.05) is 18.2 Å². The number of benzene rings is 1. The van der Waals surface area contributed by atoms with Crippen LogP contribution in [0, 0.1) is 11.2 Å². The van der Waals surface area contributed by atoms with Crippen LogP contribution in [0.3, 0.4) is 0 Å². The van der Waals surface area contributed by atoms with E-state index in [2.05, 4.69) is 0 Å². The summed E-state index contributed by atoms with van der Waals surface area (Å²) in [5, 5.41) is 9.18. The average molecular weight is 338 g/mol. The van der Waals surface area contributed by atoms with E-state index < -0.39 is 47.1 Å². The van der Waals surface area contributed by atoms with Crippen LogP contribution in [0.15, 0.2) is 24.3 Å². The summed E-state index contributed by atoms with van der Waals surface area (Å²) in [6, 6.07) is 5.14. The van der Waals surface area contributed by atoms with Crippen molar-refractivity contribution in [1.82, 2.24) is 0 Å². The highest BCUT2D eigenvalue weighted by atomic mass is 19.1. The fraction of sp³-hybridized carbons (Fsp3) is 0.412. The van der Waals surface area contributed by atoms with E-state index in [9.17, 15) is 28.7 Å². The lowest BCUT2D eigenvalue weighted by atomic mass is 9.65. The zero-order valence-corrected chi connectivity index (χ0v) is 13.7. The lowest BCUT2D eigenvalue weighted by Gasteiger charge is -2.34. The quantitative estimate of drug-likeness (QED) is 0.576. The molecule has 0 radical (unpaired) electrons. The molecule has 7 heteroatoms. The third-order valence-corrected chi connectivity index (χ3v) is 3.89. The van der Waals surface area contributed by atoms with Gasteiger partial charge in [0.05, 0.1) is 13.0 Å². The highest BCUT2D eigenvalue weighted by Gasteiger charge is 2.57. The third kappa shape index (κ3) is 3.50. The highest BCUT2D eigenvalue weighted by Crippen LogP contribution is 2.42. The second-order valence-corrected chi connectivity index (χ2v) is 5.31. The maximum Gasteiger partial charge on any atom is 0.327 e. The summed E-state index contributed by atoms with van der Waals surface area (Å²) in [7, 11) is 0. The number of Topliss-reactive ketones (excluding diaryl/α,β-unsaturated/α-hetero) is 2. The Morgan fingerprint density at radius 3 is 2.12 bits per heavy atom. The molecule has 1 rings (SSSR count). The van der Waals surface area contributed by atoms with Gasteiger partial charge >= 0.3 is 11.9 Å². The standard InChI is InChI=1S/C17H19FO6/c1-4-24-16(23)17(10(2)19,11(3)20)13(9-15(21)22)12-7-5-6-8-14(12)18/h5-8,13H,4,9H2,1-3H3,(H,21,22). The number of hydrogen-bond donors (Lipinski definition) is 1. The molecule has 0 bridgehead atoms. The van der Waals surface area contributed by atoms with Gasteiger partial charge < -0.3 is 9.84 Å². The van der Waals surface area contributed by atoms with Crippen LogP contribution in [0.1, 0.15) is 38.7 Å². The van der Waals surface area contributed by atoms with Gasteiger partial charge in [0.15, 0.2) is 17.0 Å². The Labute approximate surface area is 138 Å². The number of carbonyl (C=O) groups excluding carboxylic acids is 3. The first kappa shape index (κ1) is 19.5. The van der Waals surface area contributed by atoms with Crippen LogP contribution < -0.4 is 0 Å². The molecule has 0 aromatic heterocycles. The summed E-state index contributed by atoms with van der Waals surface area (Å²) >= 11 is 0. The molecular formula is C17H19FO6. The van der Waals surface area contributed by atoms with E-state index in [-0.39, 0.29) is 12.2 Å². The van der Waals surface area contributed by atoms with Crippen molar-refractivity contribution in [2.45, 2.75) is 33.1 Å². The van der Waals surface area contributed by atoms with Gasteiger partial charge in [-0.05, 0) is 32.4 Å². The molecule has 0 saturated carbocycles. The number of ether oxygens (including phenoxy) is 1. The number of rotatable bonds is 8. The van der Waals surface area contributed by atoms with E-state index >= 15 is 0 Å². The maximum absolute atomic E-state index is 14.2. The number of carboxylic acids is 1. The SMILES string of the molecule is CCOC(=O)C(C(C)=O)(C(C)=O)C(CC(=O)O)c1ccccc1F. The van der Waals surface area contributed by atoms with Crippen molar-refractivity contribution in [1.29, 1.82) is 0 Å². The average Bonchev–Trinajstić information content (AvgIpc) is 2.46. The first-order chi connectivity index (χ1) is 11.2. The van der Waals surface area contributed by atoms with Crippen LogP contribution in [0.2, 0.25) is 0 Å². The lowest BCUT2D eigenvalue weighted by molar-refractivity contribution is -0.165. The molecule has 130 valence electrons. The minimum Gasteiger partial charge on any atom is -0.481 e. The Morgan fingerprint density at radius 1 is 1.17 bits per heavy atom. The van der Waals surface area contributed by atoms with Crippen molar-refractivity contribution in [3.8, 4) is 0 Å². The molecule has 6 nitrogen and oxygen atoms in total. The summed E-state index contributed by atoms with van der Waals surface area (Å²) in [5.74, 6) is -6.63. The molecule has 0 saturated heterocycles. The Kier molecular flexibility index (Phi) is 6.34. The molecule has 0 heterocycles. The molecule has 0 spiro atoms. The first-order valence-electron chi connectivity index (χ1n) is 7.35. The molecule has 0 amide bonds. The van der Waals surface area contributed by atoms with Crippen molar-refractivity contribution < 1.29 is 33.4 Å². The predicted octanol–water partition coefficient (Wildman–Crippen LogP) is 2.11.